The predicted octanol–water partition coefficient (Wildman–Crippen LogP) is 3.54. The van der Waals surface area contributed by atoms with Gasteiger partial charge in [-0.15, -0.1) is 0 Å². The largest absolute Gasteiger partial charge is 0.480 e. The summed E-state index contributed by atoms with van der Waals surface area (Å²) in [5.74, 6) is -0.289. The van der Waals surface area contributed by atoms with Crippen molar-refractivity contribution in [1.82, 2.24) is 16.0 Å². The second-order valence-electron chi connectivity index (χ2n) is 11.2. The first-order valence-corrected chi connectivity index (χ1v) is 12.9. The van der Waals surface area contributed by atoms with Crippen LogP contribution in [0, 0.1) is 17.3 Å². The summed E-state index contributed by atoms with van der Waals surface area (Å²) in [4.78, 5) is 37.6. The zero-order valence-corrected chi connectivity index (χ0v) is 20.8. The number of unbranched alkanes of at least 4 members (excludes halogenated alkanes) is 1. The molecule has 8 heteroatoms. The molecule has 0 spiro atoms. The van der Waals surface area contributed by atoms with E-state index in [1.54, 1.807) is 0 Å². The van der Waals surface area contributed by atoms with Gasteiger partial charge in [0.15, 0.2) is 0 Å². The Kier molecular flexibility index (Phi) is 10.9. The van der Waals surface area contributed by atoms with Gasteiger partial charge in [-0.3, -0.25) is 4.79 Å². The number of urea groups is 1. The SMILES string of the molecule is CC1C[C@H](NC(=O)C(CC2CCCCC2)NC(=O)N[C@@H](CCCCN)C(=O)O)CC(C)(C)C1. The van der Waals surface area contributed by atoms with Crippen molar-refractivity contribution in [1.29, 1.82) is 0 Å². The molecule has 2 fully saturated rings. The summed E-state index contributed by atoms with van der Waals surface area (Å²) in [6.45, 7) is 7.19. The highest BCUT2D eigenvalue weighted by Crippen LogP contribution is 2.38. The molecule has 190 valence electrons. The van der Waals surface area contributed by atoms with Crippen LogP contribution in [0.3, 0.4) is 0 Å². The highest BCUT2D eigenvalue weighted by Gasteiger charge is 2.35. The van der Waals surface area contributed by atoms with Crippen molar-refractivity contribution in [3.63, 3.8) is 0 Å². The lowest BCUT2D eigenvalue weighted by atomic mass is 9.70. The van der Waals surface area contributed by atoms with Crippen LogP contribution in [0.25, 0.3) is 0 Å². The first kappa shape index (κ1) is 27.4. The van der Waals surface area contributed by atoms with Gasteiger partial charge in [0.2, 0.25) is 5.91 Å². The zero-order chi connectivity index (χ0) is 24.4. The number of rotatable bonds is 11. The van der Waals surface area contributed by atoms with E-state index in [9.17, 15) is 19.5 Å². The van der Waals surface area contributed by atoms with Crippen LogP contribution in [-0.4, -0.2) is 47.7 Å². The Morgan fingerprint density at radius 2 is 1.70 bits per heavy atom. The van der Waals surface area contributed by atoms with Crippen molar-refractivity contribution >= 4 is 17.9 Å². The van der Waals surface area contributed by atoms with Gasteiger partial charge in [-0.1, -0.05) is 52.9 Å². The number of carbonyl (C=O) groups excluding carboxylic acids is 2. The Balaban J connectivity index is 2.01. The fourth-order valence-electron chi connectivity index (χ4n) is 5.85. The first-order valence-electron chi connectivity index (χ1n) is 12.9. The van der Waals surface area contributed by atoms with E-state index in [4.69, 9.17) is 5.73 Å². The second kappa shape index (κ2) is 13.2. The Labute approximate surface area is 199 Å². The van der Waals surface area contributed by atoms with Crippen LogP contribution < -0.4 is 21.7 Å². The molecule has 2 rings (SSSR count). The lowest BCUT2D eigenvalue weighted by molar-refractivity contribution is -0.139. The lowest BCUT2D eigenvalue weighted by Gasteiger charge is -2.40. The minimum absolute atomic E-state index is 0.0954. The van der Waals surface area contributed by atoms with Crippen LogP contribution in [-0.2, 0) is 9.59 Å². The van der Waals surface area contributed by atoms with Gasteiger partial charge in [0, 0.05) is 6.04 Å². The summed E-state index contributed by atoms with van der Waals surface area (Å²) in [6, 6.07) is -2.15. The number of hydrogen-bond acceptors (Lipinski definition) is 4. The van der Waals surface area contributed by atoms with Crippen molar-refractivity contribution in [3.05, 3.63) is 0 Å². The first-order chi connectivity index (χ1) is 15.6. The molecular formula is C25H46N4O4. The number of carboxylic acid groups (broad SMARTS) is 1. The van der Waals surface area contributed by atoms with Crippen LogP contribution in [0.1, 0.15) is 97.8 Å². The molecule has 3 amide bonds. The van der Waals surface area contributed by atoms with Gasteiger partial charge in [-0.25, -0.2) is 9.59 Å². The summed E-state index contributed by atoms with van der Waals surface area (Å²) >= 11 is 0. The summed E-state index contributed by atoms with van der Waals surface area (Å²) in [7, 11) is 0. The molecule has 4 atom stereocenters. The van der Waals surface area contributed by atoms with E-state index in [0.717, 1.165) is 44.9 Å². The Bertz CT molecular complexity index is 648. The van der Waals surface area contributed by atoms with E-state index >= 15 is 0 Å². The van der Waals surface area contributed by atoms with E-state index in [-0.39, 0.29) is 17.4 Å². The van der Waals surface area contributed by atoms with Crippen LogP contribution in [0.5, 0.6) is 0 Å². The van der Waals surface area contributed by atoms with Gasteiger partial charge in [0.25, 0.3) is 0 Å². The molecule has 0 aromatic rings. The van der Waals surface area contributed by atoms with Gasteiger partial charge >= 0.3 is 12.0 Å². The van der Waals surface area contributed by atoms with Gasteiger partial charge in [-0.2, -0.15) is 0 Å². The monoisotopic (exact) mass is 466 g/mol. The molecule has 0 heterocycles. The van der Waals surface area contributed by atoms with Crippen LogP contribution in [0.4, 0.5) is 4.79 Å². The fourth-order valence-corrected chi connectivity index (χ4v) is 5.85. The molecular weight excluding hydrogens is 420 g/mol. The van der Waals surface area contributed by atoms with Crippen molar-refractivity contribution in [2.24, 2.45) is 23.0 Å². The van der Waals surface area contributed by atoms with Crippen molar-refractivity contribution in [2.75, 3.05) is 6.54 Å². The quantitative estimate of drug-likeness (QED) is 0.297. The van der Waals surface area contributed by atoms with E-state index in [2.05, 4.69) is 36.7 Å². The van der Waals surface area contributed by atoms with Crippen LogP contribution >= 0.6 is 0 Å². The molecule has 2 saturated carbocycles. The molecule has 0 radical (unpaired) electrons. The Hall–Kier alpha value is -1.83. The number of hydrogen-bond donors (Lipinski definition) is 5. The topological polar surface area (TPSA) is 134 Å². The van der Waals surface area contributed by atoms with Crippen molar-refractivity contribution in [3.8, 4) is 0 Å². The minimum Gasteiger partial charge on any atom is -0.480 e. The summed E-state index contributed by atoms with van der Waals surface area (Å²) < 4.78 is 0. The number of amides is 3. The number of carboxylic acids is 1. The summed E-state index contributed by atoms with van der Waals surface area (Å²) in [5.41, 5.74) is 5.67. The third-order valence-corrected chi connectivity index (χ3v) is 7.20. The third-order valence-electron chi connectivity index (χ3n) is 7.20. The highest BCUT2D eigenvalue weighted by atomic mass is 16.4. The third kappa shape index (κ3) is 9.90. The molecule has 2 unspecified atom stereocenters. The number of aliphatic carboxylic acids is 1. The van der Waals surface area contributed by atoms with E-state index in [1.807, 2.05) is 0 Å². The highest BCUT2D eigenvalue weighted by molar-refractivity contribution is 5.89. The maximum absolute atomic E-state index is 13.3. The lowest BCUT2D eigenvalue weighted by Crippen LogP contribution is -2.56. The second-order valence-corrected chi connectivity index (χ2v) is 11.2. The minimum atomic E-state index is -1.08. The van der Waals surface area contributed by atoms with Gasteiger partial charge in [0.1, 0.15) is 12.1 Å². The smallest absolute Gasteiger partial charge is 0.326 e. The van der Waals surface area contributed by atoms with Crippen LogP contribution in [0.2, 0.25) is 0 Å². The average molecular weight is 467 g/mol. The van der Waals surface area contributed by atoms with Crippen molar-refractivity contribution in [2.45, 2.75) is 116 Å². The molecule has 33 heavy (non-hydrogen) atoms. The van der Waals surface area contributed by atoms with Gasteiger partial charge in [0.05, 0.1) is 0 Å². The van der Waals surface area contributed by atoms with Gasteiger partial charge in [-0.05, 0) is 68.7 Å². The number of nitrogens with two attached hydrogens (primary N) is 1. The molecule has 2 aliphatic rings. The molecule has 0 bridgehead atoms. The standard InChI is InChI=1S/C25H46N4O4/c1-17-13-19(16-25(2,3)15-17)27-22(30)21(14-18-9-5-4-6-10-18)29-24(33)28-20(23(31)32)11-7-8-12-26/h17-21H,4-16,26H2,1-3H3,(H,27,30)(H,31,32)(H2,28,29,33)/t17?,19-,20-,21?/m0/s1. The van der Waals surface area contributed by atoms with E-state index < -0.39 is 24.1 Å². The normalized spacial score (nSPS) is 25.0. The Morgan fingerprint density at radius 3 is 2.30 bits per heavy atom. The molecule has 0 aromatic heterocycles. The summed E-state index contributed by atoms with van der Waals surface area (Å²) in [5, 5.41) is 18.0. The zero-order valence-electron chi connectivity index (χ0n) is 20.8. The van der Waals surface area contributed by atoms with Crippen molar-refractivity contribution < 1.29 is 19.5 Å². The molecule has 2 aliphatic carbocycles. The fraction of sp³-hybridized carbons (Fsp3) is 0.880. The Morgan fingerprint density at radius 1 is 1.03 bits per heavy atom. The number of nitrogens with one attached hydrogen (secondary N) is 3. The van der Waals surface area contributed by atoms with Gasteiger partial charge < -0.3 is 26.8 Å². The molecule has 0 saturated heterocycles. The van der Waals surface area contributed by atoms with E-state index in [1.165, 1.54) is 6.42 Å². The van der Waals surface area contributed by atoms with E-state index in [0.29, 0.717) is 44.1 Å². The molecule has 0 aromatic carbocycles. The molecule has 0 aliphatic heterocycles. The maximum Gasteiger partial charge on any atom is 0.326 e. The van der Waals surface area contributed by atoms with Crippen LogP contribution in [0.15, 0.2) is 0 Å². The predicted molar refractivity (Wildman–Crippen MR) is 130 cm³/mol. The average Bonchev–Trinajstić information content (AvgIpc) is 2.71. The number of carbonyl (C=O) groups is 3. The summed E-state index contributed by atoms with van der Waals surface area (Å²) in [6.07, 6.45) is 10.9. The molecule has 6 N–H and O–H groups in total. The maximum atomic E-state index is 13.3. The molecule has 8 nitrogen and oxygen atoms in total.